The second-order valence-corrected chi connectivity index (χ2v) is 5.08. The smallest absolute Gasteiger partial charge is 0.124 e. The third-order valence-corrected chi connectivity index (χ3v) is 3.89. The molecule has 0 radical (unpaired) electrons. The molecule has 0 amide bonds. The molecule has 1 fully saturated rings. The van der Waals surface area contributed by atoms with Crippen LogP contribution in [0.5, 0.6) is 5.75 Å². The van der Waals surface area contributed by atoms with Gasteiger partial charge in [0.2, 0.25) is 0 Å². The van der Waals surface area contributed by atoms with Gasteiger partial charge in [-0.1, -0.05) is 17.7 Å². The Labute approximate surface area is 113 Å². The van der Waals surface area contributed by atoms with Gasteiger partial charge in [-0.2, -0.15) is 0 Å². The molecule has 1 aliphatic rings. The molecule has 2 unspecified atom stereocenters. The van der Waals surface area contributed by atoms with Crippen molar-refractivity contribution in [1.82, 2.24) is 5.32 Å². The summed E-state index contributed by atoms with van der Waals surface area (Å²) in [5.74, 6) is 1.43. The largest absolute Gasteiger partial charge is 0.496 e. The highest BCUT2D eigenvalue weighted by atomic mass is 35.5. The molecule has 18 heavy (non-hydrogen) atoms. The number of halogens is 1. The standard InChI is InChI=1S/C14H20ClNO2/c1-10-11(6-7-18-10)8-16-9-12-13(15)4-3-5-14(12)17-2/h3-5,10-11,16H,6-9H2,1-2H3. The van der Waals surface area contributed by atoms with Crippen molar-refractivity contribution in [1.29, 1.82) is 0 Å². The lowest BCUT2D eigenvalue weighted by Crippen LogP contribution is -2.26. The number of benzene rings is 1. The van der Waals surface area contributed by atoms with E-state index in [0.717, 1.165) is 42.5 Å². The fraction of sp³-hybridized carbons (Fsp3) is 0.571. The molecule has 1 N–H and O–H groups in total. The number of hydrogen-bond donors (Lipinski definition) is 1. The SMILES string of the molecule is COc1cccc(Cl)c1CNCC1CCOC1C. The van der Waals surface area contributed by atoms with Gasteiger partial charge in [-0.15, -0.1) is 0 Å². The lowest BCUT2D eigenvalue weighted by Gasteiger charge is -2.16. The Kier molecular flexibility index (Phi) is 4.87. The van der Waals surface area contributed by atoms with Crippen LogP contribution in [0.25, 0.3) is 0 Å². The van der Waals surface area contributed by atoms with Gasteiger partial charge in [0, 0.05) is 30.3 Å². The first-order valence-electron chi connectivity index (χ1n) is 6.36. The molecule has 1 heterocycles. The highest BCUT2D eigenvalue weighted by molar-refractivity contribution is 6.31. The maximum absolute atomic E-state index is 6.19. The van der Waals surface area contributed by atoms with Crippen LogP contribution in [-0.2, 0) is 11.3 Å². The van der Waals surface area contributed by atoms with E-state index >= 15 is 0 Å². The second kappa shape index (κ2) is 6.41. The summed E-state index contributed by atoms with van der Waals surface area (Å²) < 4.78 is 10.9. The Morgan fingerprint density at radius 2 is 2.33 bits per heavy atom. The van der Waals surface area contributed by atoms with Gasteiger partial charge in [0.25, 0.3) is 0 Å². The fourth-order valence-electron chi connectivity index (χ4n) is 2.33. The zero-order valence-electron chi connectivity index (χ0n) is 10.9. The van der Waals surface area contributed by atoms with E-state index < -0.39 is 0 Å². The monoisotopic (exact) mass is 269 g/mol. The summed E-state index contributed by atoms with van der Waals surface area (Å²) in [5, 5.41) is 4.19. The Bertz CT molecular complexity index is 397. The zero-order chi connectivity index (χ0) is 13.0. The van der Waals surface area contributed by atoms with Crippen LogP contribution in [0.3, 0.4) is 0 Å². The average molecular weight is 270 g/mol. The van der Waals surface area contributed by atoms with Crippen molar-refractivity contribution >= 4 is 11.6 Å². The molecule has 1 aliphatic heterocycles. The Hall–Kier alpha value is -0.770. The summed E-state index contributed by atoms with van der Waals surface area (Å²) in [7, 11) is 1.67. The first-order valence-corrected chi connectivity index (χ1v) is 6.74. The molecule has 0 saturated carbocycles. The average Bonchev–Trinajstić information content (AvgIpc) is 2.77. The quantitative estimate of drug-likeness (QED) is 0.892. The lowest BCUT2D eigenvalue weighted by molar-refractivity contribution is 0.105. The summed E-state index contributed by atoms with van der Waals surface area (Å²) in [6.07, 6.45) is 1.49. The van der Waals surface area contributed by atoms with Gasteiger partial charge in [-0.05, 0) is 31.4 Å². The molecular weight excluding hydrogens is 250 g/mol. The highest BCUT2D eigenvalue weighted by Gasteiger charge is 2.23. The predicted molar refractivity (Wildman–Crippen MR) is 73.2 cm³/mol. The molecular formula is C14H20ClNO2. The third-order valence-electron chi connectivity index (χ3n) is 3.54. The summed E-state index contributed by atoms with van der Waals surface area (Å²) in [4.78, 5) is 0. The van der Waals surface area contributed by atoms with Crippen LogP contribution in [0.15, 0.2) is 18.2 Å². The molecule has 0 aliphatic carbocycles. The molecule has 1 saturated heterocycles. The van der Waals surface area contributed by atoms with Gasteiger partial charge in [0.15, 0.2) is 0 Å². The third kappa shape index (κ3) is 3.16. The Morgan fingerprint density at radius 1 is 1.50 bits per heavy atom. The number of ether oxygens (including phenoxy) is 2. The van der Waals surface area contributed by atoms with Crippen molar-refractivity contribution in [3.63, 3.8) is 0 Å². The van der Waals surface area contributed by atoms with Crippen LogP contribution in [0.4, 0.5) is 0 Å². The van der Waals surface area contributed by atoms with Crippen LogP contribution in [-0.4, -0.2) is 26.4 Å². The second-order valence-electron chi connectivity index (χ2n) is 4.68. The minimum absolute atomic E-state index is 0.352. The molecule has 2 atom stereocenters. The zero-order valence-corrected chi connectivity index (χ0v) is 11.7. The normalized spacial score (nSPS) is 23.3. The van der Waals surface area contributed by atoms with Gasteiger partial charge >= 0.3 is 0 Å². The van der Waals surface area contributed by atoms with E-state index in [9.17, 15) is 0 Å². The van der Waals surface area contributed by atoms with Crippen LogP contribution >= 0.6 is 11.6 Å². The number of hydrogen-bond acceptors (Lipinski definition) is 3. The van der Waals surface area contributed by atoms with Crippen molar-refractivity contribution in [3.05, 3.63) is 28.8 Å². The molecule has 3 nitrogen and oxygen atoms in total. The van der Waals surface area contributed by atoms with Crippen molar-refractivity contribution < 1.29 is 9.47 Å². The minimum Gasteiger partial charge on any atom is -0.496 e. The van der Waals surface area contributed by atoms with Crippen LogP contribution in [0.2, 0.25) is 5.02 Å². The van der Waals surface area contributed by atoms with Crippen molar-refractivity contribution in [2.75, 3.05) is 20.3 Å². The lowest BCUT2D eigenvalue weighted by atomic mass is 10.0. The number of nitrogens with one attached hydrogen (secondary N) is 1. The molecule has 100 valence electrons. The molecule has 2 rings (SSSR count). The maximum atomic E-state index is 6.19. The first-order chi connectivity index (χ1) is 8.72. The van der Waals surface area contributed by atoms with E-state index in [2.05, 4.69) is 12.2 Å². The topological polar surface area (TPSA) is 30.5 Å². The van der Waals surface area contributed by atoms with Crippen LogP contribution < -0.4 is 10.1 Å². The molecule has 0 spiro atoms. The maximum Gasteiger partial charge on any atom is 0.124 e. The van der Waals surface area contributed by atoms with E-state index in [0.29, 0.717) is 12.0 Å². The van der Waals surface area contributed by atoms with Crippen LogP contribution in [0, 0.1) is 5.92 Å². The van der Waals surface area contributed by atoms with E-state index in [4.69, 9.17) is 21.1 Å². The number of methoxy groups -OCH3 is 1. The highest BCUT2D eigenvalue weighted by Crippen LogP contribution is 2.26. The fourth-order valence-corrected chi connectivity index (χ4v) is 2.56. The first kappa shape index (κ1) is 13.7. The van der Waals surface area contributed by atoms with E-state index in [-0.39, 0.29) is 0 Å². The van der Waals surface area contributed by atoms with E-state index in [1.165, 1.54) is 0 Å². The van der Waals surface area contributed by atoms with Crippen molar-refractivity contribution in [2.24, 2.45) is 5.92 Å². The summed E-state index contributed by atoms with van der Waals surface area (Å²) >= 11 is 6.19. The van der Waals surface area contributed by atoms with E-state index in [1.807, 2.05) is 18.2 Å². The van der Waals surface area contributed by atoms with Crippen molar-refractivity contribution in [3.8, 4) is 5.75 Å². The molecule has 0 bridgehead atoms. The van der Waals surface area contributed by atoms with Gasteiger partial charge in [0.1, 0.15) is 5.75 Å². The molecule has 1 aromatic rings. The van der Waals surface area contributed by atoms with Crippen LogP contribution in [0.1, 0.15) is 18.9 Å². The summed E-state index contributed by atoms with van der Waals surface area (Å²) in [6, 6.07) is 5.73. The predicted octanol–water partition coefficient (Wildman–Crippen LogP) is 2.86. The van der Waals surface area contributed by atoms with Gasteiger partial charge < -0.3 is 14.8 Å². The van der Waals surface area contributed by atoms with E-state index in [1.54, 1.807) is 7.11 Å². The summed E-state index contributed by atoms with van der Waals surface area (Å²) in [6.45, 7) is 4.69. The molecule has 0 aromatic heterocycles. The van der Waals surface area contributed by atoms with Gasteiger partial charge in [-0.3, -0.25) is 0 Å². The van der Waals surface area contributed by atoms with Crippen molar-refractivity contribution in [2.45, 2.75) is 26.0 Å². The molecule has 1 aromatic carbocycles. The summed E-state index contributed by atoms with van der Waals surface area (Å²) in [5.41, 5.74) is 1.02. The minimum atomic E-state index is 0.352. The Balaban J connectivity index is 1.90. The molecule has 4 heteroatoms. The van der Waals surface area contributed by atoms with Gasteiger partial charge in [-0.25, -0.2) is 0 Å². The number of rotatable bonds is 5. The Morgan fingerprint density at radius 3 is 3.00 bits per heavy atom. The van der Waals surface area contributed by atoms with Gasteiger partial charge in [0.05, 0.1) is 13.2 Å².